The summed E-state index contributed by atoms with van der Waals surface area (Å²) in [6.45, 7) is 7.61. The van der Waals surface area contributed by atoms with Crippen LogP contribution in [-0.2, 0) is 6.42 Å². The minimum absolute atomic E-state index is 0.0653. The van der Waals surface area contributed by atoms with Crippen LogP contribution in [0.15, 0.2) is 42.7 Å². The summed E-state index contributed by atoms with van der Waals surface area (Å²) in [5, 5.41) is 7.66. The summed E-state index contributed by atoms with van der Waals surface area (Å²) in [6, 6.07) is 9.50. The maximum Gasteiger partial charge on any atom is 0.173 e. The summed E-state index contributed by atoms with van der Waals surface area (Å²) in [7, 11) is 0. The molecule has 2 aliphatic rings. The lowest BCUT2D eigenvalue weighted by Gasteiger charge is -2.43. The Hall–Kier alpha value is -3.37. The van der Waals surface area contributed by atoms with Crippen molar-refractivity contribution in [3.63, 3.8) is 0 Å². The molecule has 35 heavy (non-hydrogen) atoms. The van der Waals surface area contributed by atoms with Gasteiger partial charge in [0.25, 0.3) is 0 Å². The Balaban J connectivity index is 1.43. The molecule has 3 aromatic heterocycles. The third-order valence-electron chi connectivity index (χ3n) is 6.48. The molecular formula is C25H24F2N6OS. The molecule has 10 heteroatoms. The quantitative estimate of drug-likeness (QED) is 0.454. The van der Waals surface area contributed by atoms with E-state index in [1.807, 2.05) is 18.2 Å². The van der Waals surface area contributed by atoms with Crippen LogP contribution >= 0.6 is 11.3 Å². The van der Waals surface area contributed by atoms with Gasteiger partial charge in [-0.3, -0.25) is 0 Å². The molecule has 0 bridgehead atoms. The van der Waals surface area contributed by atoms with Crippen molar-refractivity contribution < 1.29 is 13.5 Å². The van der Waals surface area contributed by atoms with Crippen LogP contribution in [0.1, 0.15) is 19.4 Å². The minimum Gasteiger partial charge on any atom is -0.491 e. The number of hydrogen-bond donors (Lipinski definition) is 1. The Morgan fingerprint density at radius 3 is 2.86 bits per heavy atom. The normalized spacial score (nSPS) is 16.9. The highest BCUT2D eigenvalue weighted by Gasteiger charge is 2.32. The largest absolute Gasteiger partial charge is 0.491 e. The first-order valence-electron chi connectivity index (χ1n) is 11.5. The van der Waals surface area contributed by atoms with Gasteiger partial charge in [-0.1, -0.05) is 0 Å². The van der Waals surface area contributed by atoms with Crippen molar-refractivity contribution in [1.29, 1.82) is 0 Å². The minimum atomic E-state index is -0.696. The molecule has 1 fully saturated rings. The van der Waals surface area contributed by atoms with E-state index in [0.717, 1.165) is 64.7 Å². The Labute approximate surface area is 205 Å². The van der Waals surface area contributed by atoms with Gasteiger partial charge in [-0.25, -0.2) is 23.4 Å². The van der Waals surface area contributed by atoms with Gasteiger partial charge in [-0.2, -0.15) is 5.10 Å². The summed E-state index contributed by atoms with van der Waals surface area (Å²) in [5.74, 6) is 0.828. The summed E-state index contributed by atoms with van der Waals surface area (Å²) in [4.78, 5) is 13.6. The van der Waals surface area contributed by atoms with Crippen LogP contribution in [0.5, 0.6) is 5.75 Å². The molecule has 5 heterocycles. The zero-order valence-electron chi connectivity index (χ0n) is 19.4. The molecule has 0 unspecified atom stereocenters. The van der Waals surface area contributed by atoms with Crippen molar-refractivity contribution in [2.75, 3.05) is 31.1 Å². The summed E-state index contributed by atoms with van der Waals surface area (Å²) in [5.41, 5.74) is 1.98. The van der Waals surface area contributed by atoms with Crippen molar-refractivity contribution in [2.24, 2.45) is 0 Å². The molecule has 4 aromatic rings. The number of benzene rings is 1. The van der Waals surface area contributed by atoms with Crippen molar-refractivity contribution in [3.8, 4) is 32.7 Å². The van der Waals surface area contributed by atoms with E-state index in [-0.39, 0.29) is 11.2 Å². The van der Waals surface area contributed by atoms with Gasteiger partial charge in [0.15, 0.2) is 11.6 Å². The van der Waals surface area contributed by atoms with Crippen molar-refractivity contribution in [3.05, 3.63) is 59.9 Å². The molecular weight excluding hydrogens is 470 g/mol. The molecule has 1 aromatic carbocycles. The highest BCUT2D eigenvalue weighted by molar-refractivity contribution is 7.19. The number of ether oxygens (including phenoxy) is 1. The van der Waals surface area contributed by atoms with Gasteiger partial charge in [0.2, 0.25) is 0 Å². The third-order valence-corrected chi connectivity index (χ3v) is 7.66. The standard InChI is InChI=1S/C25H24F2N6OS/c1-25(2)13-28-8-9-32(25)21-6-5-19-22(31-21)23-15(7-10-34-19)11-20(35-23)24-29-14-30-33(24)18-4-3-16(26)12-17(18)27/h3-6,11-12,14,28H,7-10,13H2,1-2H3. The van der Waals surface area contributed by atoms with E-state index in [9.17, 15) is 8.78 Å². The van der Waals surface area contributed by atoms with Crippen LogP contribution in [0.25, 0.3) is 27.0 Å². The van der Waals surface area contributed by atoms with Crippen LogP contribution in [-0.4, -0.2) is 51.5 Å². The predicted octanol–water partition coefficient (Wildman–Crippen LogP) is 4.46. The van der Waals surface area contributed by atoms with E-state index in [2.05, 4.69) is 34.1 Å². The van der Waals surface area contributed by atoms with E-state index < -0.39 is 11.6 Å². The van der Waals surface area contributed by atoms with Gasteiger partial charge >= 0.3 is 0 Å². The second kappa shape index (κ2) is 8.39. The van der Waals surface area contributed by atoms with E-state index >= 15 is 0 Å². The number of rotatable bonds is 3. The lowest BCUT2D eigenvalue weighted by molar-refractivity contribution is 0.325. The van der Waals surface area contributed by atoms with E-state index in [0.29, 0.717) is 12.4 Å². The number of hydrogen-bond acceptors (Lipinski definition) is 7. The number of fused-ring (bicyclic) bond motifs is 3. The molecule has 7 nitrogen and oxygen atoms in total. The summed E-state index contributed by atoms with van der Waals surface area (Å²) >= 11 is 1.53. The highest BCUT2D eigenvalue weighted by atomic mass is 32.1. The van der Waals surface area contributed by atoms with E-state index in [1.54, 1.807) is 0 Å². The maximum absolute atomic E-state index is 14.5. The molecule has 0 spiro atoms. The molecule has 0 aliphatic carbocycles. The summed E-state index contributed by atoms with van der Waals surface area (Å²) in [6.07, 6.45) is 2.10. The van der Waals surface area contributed by atoms with Gasteiger partial charge < -0.3 is 15.0 Å². The molecule has 180 valence electrons. The van der Waals surface area contributed by atoms with Gasteiger partial charge in [0.1, 0.15) is 35.1 Å². The number of piperazine rings is 1. The number of aromatic nitrogens is 4. The Bertz CT molecular complexity index is 1410. The van der Waals surface area contributed by atoms with Gasteiger partial charge in [-0.15, -0.1) is 11.3 Å². The van der Waals surface area contributed by atoms with Gasteiger partial charge in [0, 0.05) is 37.7 Å². The number of nitrogens with zero attached hydrogens (tertiary/aromatic N) is 5. The summed E-state index contributed by atoms with van der Waals surface area (Å²) < 4.78 is 35.4. The fraction of sp³-hybridized carbons (Fsp3) is 0.320. The smallest absolute Gasteiger partial charge is 0.173 e. The topological polar surface area (TPSA) is 68.1 Å². The SMILES string of the molecule is CC1(C)CNCCN1c1ccc2c(n1)-c1sc(-c3ncnn3-c3ccc(F)cc3F)cc1CCO2. The van der Waals surface area contributed by atoms with Gasteiger partial charge in [-0.05, 0) is 49.7 Å². The monoisotopic (exact) mass is 494 g/mol. The predicted molar refractivity (Wildman–Crippen MR) is 131 cm³/mol. The first kappa shape index (κ1) is 22.1. The lowest BCUT2D eigenvalue weighted by atomic mass is 10.00. The Morgan fingerprint density at radius 1 is 1.14 bits per heavy atom. The first-order valence-corrected chi connectivity index (χ1v) is 12.3. The Kier molecular flexibility index (Phi) is 5.30. The highest BCUT2D eigenvalue weighted by Crippen LogP contribution is 2.44. The number of pyridine rings is 1. The first-order chi connectivity index (χ1) is 16.9. The van der Waals surface area contributed by atoms with Crippen molar-refractivity contribution in [2.45, 2.75) is 25.8 Å². The lowest BCUT2D eigenvalue weighted by Crippen LogP contribution is -2.58. The molecule has 0 saturated carbocycles. The van der Waals surface area contributed by atoms with Crippen LogP contribution in [0.2, 0.25) is 0 Å². The van der Waals surface area contributed by atoms with Crippen molar-refractivity contribution >= 4 is 17.2 Å². The van der Waals surface area contributed by atoms with Gasteiger partial charge in [0.05, 0.1) is 16.4 Å². The zero-order chi connectivity index (χ0) is 24.2. The average molecular weight is 495 g/mol. The maximum atomic E-state index is 14.5. The number of nitrogens with one attached hydrogen (secondary N) is 1. The second-order valence-corrected chi connectivity index (χ2v) is 10.4. The van der Waals surface area contributed by atoms with E-state index in [4.69, 9.17) is 9.72 Å². The van der Waals surface area contributed by atoms with E-state index in [1.165, 1.54) is 34.5 Å². The molecule has 1 saturated heterocycles. The Morgan fingerprint density at radius 2 is 2.03 bits per heavy atom. The fourth-order valence-corrected chi connectivity index (χ4v) is 5.89. The average Bonchev–Trinajstić information content (AvgIpc) is 3.43. The fourth-order valence-electron chi connectivity index (χ4n) is 4.71. The molecule has 0 amide bonds. The second-order valence-electron chi connectivity index (χ2n) is 9.31. The van der Waals surface area contributed by atoms with Crippen LogP contribution in [0.4, 0.5) is 14.6 Å². The number of thiophene rings is 1. The number of halogens is 2. The van der Waals surface area contributed by atoms with Crippen LogP contribution in [0.3, 0.4) is 0 Å². The van der Waals surface area contributed by atoms with Crippen molar-refractivity contribution in [1.82, 2.24) is 25.1 Å². The molecule has 2 aliphatic heterocycles. The van der Waals surface area contributed by atoms with Crippen LogP contribution in [0, 0.1) is 11.6 Å². The molecule has 6 rings (SSSR count). The number of anilines is 1. The third kappa shape index (κ3) is 3.86. The van der Waals surface area contributed by atoms with Crippen LogP contribution < -0.4 is 15.0 Å². The molecule has 1 N–H and O–H groups in total. The molecule has 0 radical (unpaired) electrons. The molecule has 0 atom stereocenters. The zero-order valence-corrected chi connectivity index (χ0v) is 20.2.